The topological polar surface area (TPSA) is 69.4 Å². The molecular formula is C9H17NO3S. The molecule has 0 aromatic heterocycles. The second-order valence-corrected chi connectivity index (χ2v) is 6.64. The monoisotopic (exact) mass is 219 g/mol. The van der Waals surface area contributed by atoms with Gasteiger partial charge in [-0.25, -0.2) is 13.6 Å². The van der Waals surface area contributed by atoms with Gasteiger partial charge in [-0.15, -0.1) is 0 Å². The third-order valence-corrected chi connectivity index (χ3v) is 5.50. The Kier molecular flexibility index (Phi) is 2.36. The zero-order valence-electron chi connectivity index (χ0n) is 8.40. The summed E-state index contributed by atoms with van der Waals surface area (Å²) in [4.78, 5) is 0. The normalized spacial score (nSPS) is 39.7. The van der Waals surface area contributed by atoms with E-state index in [9.17, 15) is 8.42 Å². The van der Waals surface area contributed by atoms with Gasteiger partial charge in [-0.05, 0) is 38.0 Å². The molecule has 1 aliphatic carbocycles. The molecule has 5 heteroatoms. The van der Waals surface area contributed by atoms with E-state index in [0.29, 0.717) is 5.92 Å². The Morgan fingerprint density at radius 2 is 1.93 bits per heavy atom. The van der Waals surface area contributed by atoms with Crippen LogP contribution in [0.25, 0.3) is 0 Å². The Hall–Kier alpha value is -0.130. The van der Waals surface area contributed by atoms with E-state index in [0.717, 1.165) is 32.5 Å². The van der Waals surface area contributed by atoms with Crippen LogP contribution in [0.3, 0.4) is 0 Å². The van der Waals surface area contributed by atoms with Crippen molar-refractivity contribution in [1.82, 2.24) is 0 Å². The van der Waals surface area contributed by atoms with Gasteiger partial charge in [0.15, 0.2) is 0 Å². The molecule has 2 N–H and O–H groups in total. The van der Waals surface area contributed by atoms with Gasteiger partial charge in [-0.1, -0.05) is 0 Å². The van der Waals surface area contributed by atoms with Gasteiger partial charge < -0.3 is 4.74 Å². The molecule has 0 aromatic rings. The Bertz CT molecular complexity index is 321. The van der Waals surface area contributed by atoms with Crippen molar-refractivity contribution < 1.29 is 13.2 Å². The minimum Gasteiger partial charge on any atom is -0.381 e. The lowest BCUT2D eigenvalue weighted by Crippen LogP contribution is -2.32. The van der Waals surface area contributed by atoms with Gasteiger partial charge in [-0.3, -0.25) is 0 Å². The first kappa shape index (κ1) is 10.4. The minimum absolute atomic E-state index is 0.265. The molecule has 1 saturated carbocycles. The number of hydrogen-bond acceptors (Lipinski definition) is 3. The molecule has 1 heterocycles. The molecule has 1 aliphatic heterocycles. The molecule has 2 atom stereocenters. The van der Waals surface area contributed by atoms with Crippen molar-refractivity contribution >= 4 is 10.0 Å². The second kappa shape index (κ2) is 3.18. The molecule has 82 valence electrons. The summed E-state index contributed by atoms with van der Waals surface area (Å²) in [5.41, 5.74) is 0. The molecule has 0 aromatic carbocycles. The predicted molar refractivity (Wildman–Crippen MR) is 53.2 cm³/mol. The first-order valence-corrected chi connectivity index (χ1v) is 6.60. The zero-order chi connectivity index (χ0) is 10.4. The van der Waals surface area contributed by atoms with Crippen molar-refractivity contribution in [3.63, 3.8) is 0 Å². The van der Waals surface area contributed by atoms with E-state index in [2.05, 4.69) is 0 Å². The quantitative estimate of drug-likeness (QED) is 0.734. The molecule has 2 unspecified atom stereocenters. The van der Waals surface area contributed by atoms with Crippen molar-refractivity contribution in [2.75, 3.05) is 13.2 Å². The Labute approximate surface area is 84.9 Å². The minimum atomic E-state index is -3.37. The molecule has 4 nitrogen and oxygen atoms in total. The average Bonchev–Trinajstić information content (AvgIpc) is 2.80. The van der Waals surface area contributed by atoms with Crippen LogP contribution in [0.2, 0.25) is 0 Å². The fraction of sp³-hybridized carbons (Fsp3) is 1.00. The summed E-state index contributed by atoms with van der Waals surface area (Å²) in [7, 11) is -3.37. The molecule has 0 bridgehead atoms. The lowest BCUT2D eigenvalue weighted by atomic mass is 9.94. The molecule has 1 saturated heterocycles. The summed E-state index contributed by atoms with van der Waals surface area (Å²) >= 11 is 0. The van der Waals surface area contributed by atoms with Crippen LogP contribution in [-0.4, -0.2) is 26.4 Å². The number of rotatable bonds is 2. The number of hydrogen-bond donors (Lipinski definition) is 1. The molecule has 0 radical (unpaired) electrons. The first-order chi connectivity index (χ1) is 6.45. The smallest absolute Gasteiger partial charge is 0.214 e. The second-order valence-electron chi connectivity index (χ2n) is 4.62. The van der Waals surface area contributed by atoms with E-state index < -0.39 is 14.8 Å². The van der Waals surface area contributed by atoms with Gasteiger partial charge in [0.2, 0.25) is 10.0 Å². The average molecular weight is 219 g/mol. The van der Waals surface area contributed by atoms with Crippen molar-refractivity contribution in [3.8, 4) is 0 Å². The number of primary sulfonamides is 1. The number of ether oxygens (including phenoxy) is 1. The molecule has 2 fully saturated rings. The highest BCUT2D eigenvalue weighted by Gasteiger charge is 2.61. The molecular weight excluding hydrogens is 202 g/mol. The van der Waals surface area contributed by atoms with Gasteiger partial charge in [0.05, 0.1) is 4.75 Å². The SMILES string of the molecule is CC1(S(N)(=O)=O)CC1C1CCOCC1. The maximum absolute atomic E-state index is 11.3. The van der Waals surface area contributed by atoms with Crippen molar-refractivity contribution in [2.24, 2.45) is 17.0 Å². The van der Waals surface area contributed by atoms with E-state index in [4.69, 9.17) is 9.88 Å². The van der Waals surface area contributed by atoms with Crippen molar-refractivity contribution in [1.29, 1.82) is 0 Å². The lowest BCUT2D eigenvalue weighted by Gasteiger charge is -2.23. The van der Waals surface area contributed by atoms with Crippen LogP contribution in [0.5, 0.6) is 0 Å². The van der Waals surface area contributed by atoms with Gasteiger partial charge in [0, 0.05) is 13.2 Å². The number of nitrogens with two attached hydrogens (primary N) is 1. The van der Waals surface area contributed by atoms with Crippen molar-refractivity contribution in [3.05, 3.63) is 0 Å². The zero-order valence-corrected chi connectivity index (χ0v) is 9.22. The van der Waals surface area contributed by atoms with E-state index in [1.54, 1.807) is 6.92 Å². The Morgan fingerprint density at radius 1 is 1.36 bits per heavy atom. The summed E-state index contributed by atoms with van der Waals surface area (Å²) in [5, 5.41) is 5.21. The maximum atomic E-state index is 11.3. The maximum Gasteiger partial charge on any atom is 0.214 e. The standard InChI is InChI=1S/C9H17NO3S/c1-9(14(10,11)12)6-8(9)7-2-4-13-5-3-7/h7-8H,2-6H2,1H3,(H2,10,11,12). The fourth-order valence-corrected chi connectivity index (χ4v) is 3.51. The predicted octanol–water partition coefficient (Wildman–Crippen LogP) is 0.480. The van der Waals surface area contributed by atoms with Crippen LogP contribution < -0.4 is 5.14 Å². The van der Waals surface area contributed by atoms with Crippen LogP contribution in [0.15, 0.2) is 0 Å². The van der Waals surface area contributed by atoms with Gasteiger partial charge in [0.1, 0.15) is 0 Å². The van der Waals surface area contributed by atoms with Crippen LogP contribution in [0, 0.1) is 11.8 Å². The highest BCUT2D eigenvalue weighted by atomic mass is 32.2. The molecule has 2 rings (SSSR count). The summed E-state index contributed by atoms with van der Waals surface area (Å²) in [6, 6.07) is 0. The largest absolute Gasteiger partial charge is 0.381 e. The summed E-state index contributed by atoms with van der Waals surface area (Å²) in [5.74, 6) is 0.758. The third kappa shape index (κ3) is 1.57. The van der Waals surface area contributed by atoms with Crippen LogP contribution >= 0.6 is 0 Å². The molecule has 0 spiro atoms. The van der Waals surface area contributed by atoms with Crippen LogP contribution in [0.4, 0.5) is 0 Å². The highest BCUT2D eigenvalue weighted by molar-refractivity contribution is 7.90. The van der Waals surface area contributed by atoms with E-state index >= 15 is 0 Å². The van der Waals surface area contributed by atoms with Gasteiger partial charge in [0.25, 0.3) is 0 Å². The fourth-order valence-electron chi connectivity index (χ4n) is 2.49. The van der Waals surface area contributed by atoms with Gasteiger partial charge >= 0.3 is 0 Å². The summed E-state index contributed by atoms with van der Waals surface area (Å²) in [6.07, 6.45) is 2.70. The van der Waals surface area contributed by atoms with E-state index in [1.165, 1.54) is 0 Å². The summed E-state index contributed by atoms with van der Waals surface area (Å²) < 4.78 is 27.2. The summed E-state index contributed by atoms with van der Waals surface area (Å²) in [6.45, 7) is 3.30. The highest BCUT2D eigenvalue weighted by Crippen LogP contribution is 2.55. The molecule has 14 heavy (non-hydrogen) atoms. The molecule has 2 aliphatic rings. The number of sulfonamides is 1. The first-order valence-electron chi connectivity index (χ1n) is 5.05. The van der Waals surface area contributed by atoms with Gasteiger partial charge in [-0.2, -0.15) is 0 Å². The third-order valence-electron chi connectivity index (χ3n) is 3.73. The van der Waals surface area contributed by atoms with E-state index in [-0.39, 0.29) is 5.92 Å². The lowest BCUT2D eigenvalue weighted by molar-refractivity contribution is 0.0589. The van der Waals surface area contributed by atoms with Crippen LogP contribution in [0.1, 0.15) is 26.2 Å². The van der Waals surface area contributed by atoms with Crippen LogP contribution in [-0.2, 0) is 14.8 Å². The Morgan fingerprint density at radius 3 is 2.36 bits per heavy atom. The Balaban J connectivity index is 2.04. The molecule has 0 amide bonds. The van der Waals surface area contributed by atoms with E-state index in [1.807, 2.05) is 0 Å². The van der Waals surface area contributed by atoms with Crippen molar-refractivity contribution in [2.45, 2.75) is 30.9 Å².